The Morgan fingerprint density at radius 2 is 1.74 bits per heavy atom. The van der Waals surface area contributed by atoms with E-state index < -0.39 is 29.6 Å². The summed E-state index contributed by atoms with van der Waals surface area (Å²) in [6.07, 6.45) is 9.00. The molecule has 0 unspecified atom stereocenters. The molecule has 0 aromatic heterocycles. The molecule has 2 saturated heterocycles. The maximum absolute atomic E-state index is 14.0. The number of amides is 3. The molecule has 8 heteroatoms. The fourth-order valence-electron chi connectivity index (χ4n) is 6.69. The van der Waals surface area contributed by atoms with Crippen molar-refractivity contribution >= 4 is 35.0 Å². The highest BCUT2D eigenvalue weighted by atomic mass is 35.5. The van der Waals surface area contributed by atoms with Gasteiger partial charge in [0.2, 0.25) is 17.7 Å². The third-order valence-electron chi connectivity index (χ3n) is 8.47. The van der Waals surface area contributed by atoms with Gasteiger partial charge in [-0.3, -0.25) is 14.4 Å². The van der Waals surface area contributed by atoms with Crippen molar-refractivity contribution in [1.29, 1.82) is 0 Å². The summed E-state index contributed by atoms with van der Waals surface area (Å²) in [6, 6.07) is 16.0. The molecule has 3 aliphatic heterocycles. The molecule has 4 aliphatic rings. The van der Waals surface area contributed by atoms with Gasteiger partial charge in [-0.05, 0) is 49.1 Å². The van der Waals surface area contributed by atoms with Gasteiger partial charge in [0.05, 0.1) is 17.9 Å². The molecule has 6 rings (SSSR count). The minimum atomic E-state index is -1.15. The highest BCUT2D eigenvalue weighted by molar-refractivity contribution is 6.30. The normalized spacial score (nSPS) is 29.9. The number of rotatable bonds is 7. The second-order valence-electron chi connectivity index (χ2n) is 10.8. The van der Waals surface area contributed by atoms with Crippen LogP contribution in [0.4, 0.5) is 5.69 Å². The van der Waals surface area contributed by atoms with Gasteiger partial charge < -0.3 is 20.3 Å². The molecular formula is C30H32ClN3O4. The van der Waals surface area contributed by atoms with Crippen LogP contribution in [0.1, 0.15) is 37.7 Å². The van der Waals surface area contributed by atoms with Crippen LogP contribution in [0.25, 0.3) is 0 Å². The monoisotopic (exact) mass is 533 g/mol. The third-order valence-corrected chi connectivity index (χ3v) is 8.72. The van der Waals surface area contributed by atoms with Crippen molar-refractivity contribution in [3.8, 4) is 0 Å². The molecule has 38 heavy (non-hydrogen) atoms. The summed E-state index contributed by atoms with van der Waals surface area (Å²) in [4.78, 5) is 43.1. The molecule has 0 radical (unpaired) electrons. The molecule has 3 heterocycles. The van der Waals surface area contributed by atoms with Crippen LogP contribution in [0.15, 0.2) is 66.7 Å². The smallest absolute Gasteiger partial charge is 0.246 e. The Morgan fingerprint density at radius 3 is 2.47 bits per heavy atom. The van der Waals surface area contributed by atoms with Crippen LogP contribution in [-0.4, -0.2) is 53.0 Å². The summed E-state index contributed by atoms with van der Waals surface area (Å²) in [5, 5.41) is 6.72. The first-order chi connectivity index (χ1) is 18.5. The number of nitrogens with one attached hydrogen (secondary N) is 2. The van der Waals surface area contributed by atoms with E-state index in [0.717, 1.165) is 31.2 Å². The minimum absolute atomic E-state index is 0.101. The molecule has 5 atom stereocenters. The van der Waals surface area contributed by atoms with Crippen molar-refractivity contribution < 1.29 is 19.1 Å². The summed E-state index contributed by atoms with van der Waals surface area (Å²) < 4.78 is 6.43. The van der Waals surface area contributed by atoms with Crippen molar-refractivity contribution in [2.75, 3.05) is 11.9 Å². The van der Waals surface area contributed by atoms with E-state index in [1.807, 2.05) is 42.5 Å². The Labute approximate surface area is 227 Å². The number of fused-ring (bicyclic) bond motifs is 1. The lowest BCUT2D eigenvalue weighted by Gasteiger charge is -2.34. The SMILES string of the molecule is O=C(Nc1ccc(Cl)cc1)[C@@H]1[C@@H]2C=C[C@]3(O2)[C@@H]1C(=O)N(CCc1ccccc1)[C@@H]3C(=O)NC1CCCCC1. The van der Waals surface area contributed by atoms with Gasteiger partial charge >= 0.3 is 0 Å². The highest BCUT2D eigenvalue weighted by Gasteiger charge is 2.72. The van der Waals surface area contributed by atoms with E-state index in [1.54, 1.807) is 29.2 Å². The number of nitrogens with zero attached hydrogens (tertiary/aromatic N) is 1. The Kier molecular flexibility index (Phi) is 6.74. The topological polar surface area (TPSA) is 87.7 Å². The molecule has 1 aliphatic carbocycles. The number of halogens is 1. The van der Waals surface area contributed by atoms with Gasteiger partial charge in [0.15, 0.2) is 0 Å². The zero-order valence-electron chi connectivity index (χ0n) is 21.1. The first-order valence-electron chi connectivity index (χ1n) is 13.5. The summed E-state index contributed by atoms with van der Waals surface area (Å²) in [6.45, 7) is 0.372. The third kappa shape index (κ3) is 4.41. The number of hydrogen-bond donors (Lipinski definition) is 2. The van der Waals surface area contributed by atoms with Gasteiger partial charge in [-0.2, -0.15) is 0 Å². The van der Waals surface area contributed by atoms with Crippen molar-refractivity contribution in [3.63, 3.8) is 0 Å². The molecule has 2 aromatic rings. The number of anilines is 1. The molecule has 3 fully saturated rings. The van der Waals surface area contributed by atoms with Crippen LogP contribution in [0.3, 0.4) is 0 Å². The Bertz CT molecular complexity index is 1240. The first-order valence-corrected chi connectivity index (χ1v) is 13.9. The highest BCUT2D eigenvalue weighted by Crippen LogP contribution is 2.55. The maximum Gasteiger partial charge on any atom is 0.246 e. The number of carbonyl (C=O) groups excluding carboxylic acids is 3. The number of carbonyl (C=O) groups is 3. The maximum atomic E-state index is 14.0. The number of ether oxygens (including phenoxy) is 1. The van der Waals surface area contributed by atoms with E-state index in [9.17, 15) is 14.4 Å². The van der Waals surface area contributed by atoms with Gasteiger partial charge in [0, 0.05) is 23.3 Å². The van der Waals surface area contributed by atoms with E-state index in [2.05, 4.69) is 10.6 Å². The molecule has 1 saturated carbocycles. The molecule has 1 spiro atoms. The molecule has 2 bridgehead atoms. The Morgan fingerprint density at radius 1 is 1.00 bits per heavy atom. The van der Waals surface area contributed by atoms with Crippen LogP contribution < -0.4 is 10.6 Å². The average Bonchev–Trinajstić information content (AvgIpc) is 3.57. The van der Waals surface area contributed by atoms with Gasteiger partial charge in [0.1, 0.15) is 11.6 Å². The van der Waals surface area contributed by atoms with Crippen LogP contribution in [0, 0.1) is 11.8 Å². The summed E-state index contributed by atoms with van der Waals surface area (Å²) in [7, 11) is 0. The van der Waals surface area contributed by atoms with Crippen LogP contribution in [-0.2, 0) is 25.5 Å². The lowest BCUT2D eigenvalue weighted by atomic mass is 9.74. The standard InChI is InChI=1S/C30H32ClN3O4/c31-20-11-13-22(14-12-20)32-27(35)24-23-15-17-30(38-23)25(24)29(37)34(18-16-19-7-3-1-4-8-19)26(30)28(36)33-21-9-5-2-6-10-21/h1,3-4,7-8,11-15,17,21,23-26H,2,5-6,9-10,16,18H2,(H,32,35)(H,33,36)/t23-,24+,25-,26+,30-/m0/s1. The molecule has 2 aromatic carbocycles. The number of likely N-dealkylation sites (tertiary alicyclic amines) is 1. The lowest BCUT2D eigenvalue weighted by Crippen LogP contribution is -2.56. The van der Waals surface area contributed by atoms with Crippen LogP contribution in [0.2, 0.25) is 5.02 Å². The Hall–Kier alpha value is -3.16. The van der Waals surface area contributed by atoms with Gasteiger partial charge in [0.25, 0.3) is 0 Å². The molecule has 3 amide bonds. The van der Waals surface area contributed by atoms with E-state index in [4.69, 9.17) is 16.3 Å². The number of hydrogen-bond acceptors (Lipinski definition) is 4. The van der Waals surface area contributed by atoms with Gasteiger partial charge in [-0.25, -0.2) is 0 Å². The largest absolute Gasteiger partial charge is 0.359 e. The second-order valence-corrected chi connectivity index (χ2v) is 11.2. The lowest BCUT2D eigenvalue weighted by molar-refractivity contribution is -0.141. The molecule has 7 nitrogen and oxygen atoms in total. The molecular weight excluding hydrogens is 502 g/mol. The zero-order valence-corrected chi connectivity index (χ0v) is 21.9. The van der Waals surface area contributed by atoms with E-state index in [1.165, 1.54) is 6.42 Å². The second kappa shape index (κ2) is 10.2. The van der Waals surface area contributed by atoms with E-state index in [-0.39, 0.29) is 23.8 Å². The van der Waals surface area contributed by atoms with Crippen molar-refractivity contribution in [3.05, 3.63) is 77.3 Å². The van der Waals surface area contributed by atoms with Gasteiger partial charge in [-0.1, -0.05) is 73.3 Å². The van der Waals surface area contributed by atoms with Crippen LogP contribution >= 0.6 is 11.6 Å². The van der Waals surface area contributed by atoms with E-state index in [0.29, 0.717) is 23.7 Å². The van der Waals surface area contributed by atoms with Crippen molar-refractivity contribution in [2.24, 2.45) is 11.8 Å². The summed E-state index contributed by atoms with van der Waals surface area (Å²) in [5.41, 5.74) is 0.524. The number of benzene rings is 2. The fourth-order valence-corrected chi connectivity index (χ4v) is 6.81. The first kappa shape index (κ1) is 25.1. The quantitative estimate of drug-likeness (QED) is 0.524. The predicted molar refractivity (Wildman–Crippen MR) is 144 cm³/mol. The average molecular weight is 534 g/mol. The van der Waals surface area contributed by atoms with Gasteiger partial charge in [-0.15, -0.1) is 0 Å². The van der Waals surface area contributed by atoms with Crippen molar-refractivity contribution in [1.82, 2.24) is 10.2 Å². The molecule has 2 N–H and O–H groups in total. The fraction of sp³-hybridized carbons (Fsp3) is 0.433. The molecule has 198 valence electrons. The summed E-state index contributed by atoms with van der Waals surface area (Å²) in [5.74, 6) is -2.17. The predicted octanol–water partition coefficient (Wildman–Crippen LogP) is 4.12. The van der Waals surface area contributed by atoms with Crippen LogP contribution in [0.5, 0.6) is 0 Å². The minimum Gasteiger partial charge on any atom is -0.359 e. The Balaban J connectivity index is 1.29. The zero-order chi connectivity index (χ0) is 26.3. The summed E-state index contributed by atoms with van der Waals surface area (Å²) >= 11 is 5.99. The van der Waals surface area contributed by atoms with E-state index >= 15 is 0 Å². The van der Waals surface area contributed by atoms with Crippen molar-refractivity contribution in [2.45, 2.75) is 62.3 Å².